The number of carboxylic acid groups (broad SMARTS) is 1. The van der Waals surface area contributed by atoms with Crippen molar-refractivity contribution in [2.75, 3.05) is 6.61 Å². The highest BCUT2D eigenvalue weighted by molar-refractivity contribution is 6.29. The number of carboxylic acids is 1. The van der Waals surface area contributed by atoms with Gasteiger partial charge in [0, 0.05) is 5.56 Å². The average molecular weight is 255 g/mol. The number of halogens is 1. The van der Waals surface area contributed by atoms with Gasteiger partial charge in [-0.1, -0.05) is 12.1 Å². The molecule has 0 aromatic heterocycles. The van der Waals surface area contributed by atoms with Crippen molar-refractivity contribution in [1.82, 2.24) is 0 Å². The molecule has 2 rings (SSSR count). The molecule has 0 radical (unpaired) electrons. The van der Waals surface area contributed by atoms with Crippen molar-refractivity contribution in [2.24, 2.45) is 5.92 Å². The van der Waals surface area contributed by atoms with Crippen LogP contribution in [0.3, 0.4) is 0 Å². The Hall–Kier alpha value is -1.22. The number of aryl methyl sites for hydroxylation is 1. The first-order valence-electron chi connectivity index (χ1n) is 5.68. The molecule has 1 N–H and O–H groups in total. The molecule has 1 aromatic rings. The number of ether oxygens (including phenoxy) is 1. The summed E-state index contributed by atoms with van der Waals surface area (Å²) in [6.45, 7) is 2.59. The number of rotatable bonds is 5. The van der Waals surface area contributed by atoms with Gasteiger partial charge in [-0.2, -0.15) is 0 Å². The summed E-state index contributed by atoms with van der Waals surface area (Å²) >= 11 is 5.85. The van der Waals surface area contributed by atoms with Gasteiger partial charge in [-0.3, -0.25) is 4.79 Å². The fraction of sp³-hybridized carbons (Fsp3) is 0.462. The maximum absolute atomic E-state index is 10.9. The topological polar surface area (TPSA) is 46.5 Å². The van der Waals surface area contributed by atoms with Crippen LogP contribution >= 0.6 is 11.6 Å². The highest BCUT2D eigenvalue weighted by Crippen LogP contribution is 2.34. The third-order valence-corrected chi connectivity index (χ3v) is 3.25. The van der Waals surface area contributed by atoms with Crippen molar-refractivity contribution in [3.05, 3.63) is 29.3 Å². The number of benzene rings is 1. The second kappa shape index (κ2) is 4.96. The van der Waals surface area contributed by atoms with Crippen LogP contribution in [0, 0.1) is 12.8 Å². The molecule has 0 heterocycles. The Morgan fingerprint density at radius 3 is 2.88 bits per heavy atom. The van der Waals surface area contributed by atoms with Gasteiger partial charge in [0.05, 0.1) is 6.61 Å². The largest absolute Gasteiger partial charge is 0.493 e. The van der Waals surface area contributed by atoms with E-state index in [1.54, 1.807) is 6.07 Å². The quantitative estimate of drug-likeness (QED) is 0.821. The first kappa shape index (κ1) is 12.2. The molecule has 4 heteroatoms. The summed E-state index contributed by atoms with van der Waals surface area (Å²) in [4.78, 5) is 10.9. The Balaban J connectivity index is 2.19. The van der Waals surface area contributed by atoms with Gasteiger partial charge < -0.3 is 9.84 Å². The van der Waals surface area contributed by atoms with E-state index >= 15 is 0 Å². The van der Waals surface area contributed by atoms with Crippen LogP contribution in [-0.2, 0) is 4.79 Å². The normalized spacial score (nSPS) is 16.6. The summed E-state index contributed by atoms with van der Waals surface area (Å²) in [5.41, 5.74) is 1.57. The minimum atomic E-state index is -1.05. The second-order valence-corrected chi connectivity index (χ2v) is 4.93. The third kappa shape index (κ3) is 3.13. The van der Waals surface area contributed by atoms with Crippen molar-refractivity contribution in [2.45, 2.75) is 25.1 Å². The highest BCUT2D eigenvalue weighted by Gasteiger charge is 2.24. The van der Waals surface area contributed by atoms with Crippen molar-refractivity contribution < 1.29 is 14.6 Å². The lowest BCUT2D eigenvalue weighted by Gasteiger charge is -2.13. The van der Waals surface area contributed by atoms with E-state index in [4.69, 9.17) is 21.4 Å². The lowest BCUT2D eigenvalue weighted by atomic mass is 10.1. The Kier molecular flexibility index (Phi) is 3.57. The van der Waals surface area contributed by atoms with Crippen molar-refractivity contribution in [3.63, 3.8) is 0 Å². The van der Waals surface area contributed by atoms with Crippen LogP contribution in [0.25, 0.3) is 0 Å². The van der Waals surface area contributed by atoms with E-state index in [1.165, 1.54) is 12.8 Å². The van der Waals surface area contributed by atoms with Gasteiger partial charge in [0.25, 0.3) is 0 Å². The Morgan fingerprint density at radius 1 is 1.59 bits per heavy atom. The lowest BCUT2D eigenvalue weighted by molar-refractivity contribution is -0.136. The lowest BCUT2D eigenvalue weighted by Crippen LogP contribution is -2.09. The molecule has 1 unspecified atom stereocenters. The summed E-state index contributed by atoms with van der Waals surface area (Å²) < 4.78 is 5.67. The average Bonchev–Trinajstić information content (AvgIpc) is 3.09. The summed E-state index contributed by atoms with van der Waals surface area (Å²) in [6.07, 6.45) is 2.40. The standard InChI is InChI=1S/C13H15ClO3/c1-8-2-5-10(12(14)13(15)16)11(6-8)17-7-9-3-4-9/h2,5-6,9,12H,3-4,7H2,1H3,(H,15,16). The molecule has 1 atom stereocenters. The summed E-state index contributed by atoms with van der Waals surface area (Å²) in [5.74, 6) is 0.174. The third-order valence-electron chi connectivity index (χ3n) is 2.83. The number of hydrogen-bond acceptors (Lipinski definition) is 2. The first-order valence-corrected chi connectivity index (χ1v) is 6.12. The van der Waals surface area contributed by atoms with Crippen molar-refractivity contribution >= 4 is 17.6 Å². The molecule has 0 amide bonds. The maximum Gasteiger partial charge on any atom is 0.326 e. The molecule has 1 aliphatic carbocycles. The van der Waals surface area contributed by atoms with Gasteiger partial charge in [0.2, 0.25) is 0 Å². The van der Waals surface area contributed by atoms with E-state index in [9.17, 15) is 4.79 Å². The molecule has 0 spiro atoms. The van der Waals surface area contributed by atoms with E-state index in [1.807, 2.05) is 19.1 Å². The smallest absolute Gasteiger partial charge is 0.326 e. The molecule has 0 saturated heterocycles. The molecule has 1 aromatic carbocycles. The molecular formula is C13H15ClO3. The molecular weight excluding hydrogens is 240 g/mol. The fourth-order valence-corrected chi connectivity index (χ4v) is 1.78. The van der Waals surface area contributed by atoms with E-state index < -0.39 is 11.3 Å². The van der Waals surface area contributed by atoms with Crippen LogP contribution in [0.15, 0.2) is 18.2 Å². The van der Waals surface area contributed by atoms with Gasteiger partial charge in [-0.15, -0.1) is 11.6 Å². The van der Waals surface area contributed by atoms with Crippen LogP contribution in [0.1, 0.15) is 29.3 Å². The zero-order valence-corrected chi connectivity index (χ0v) is 10.4. The van der Waals surface area contributed by atoms with Gasteiger partial charge in [0.15, 0.2) is 5.38 Å². The minimum Gasteiger partial charge on any atom is -0.493 e. The molecule has 1 aliphatic rings. The Bertz CT molecular complexity index is 427. The summed E-state index contributed by atoms with van der Waals surface area (Å²) in [6, 6.07) is 5.41. The highest BCUT2D eigenvalue weighted by atomic mass is 35.5. The summed E-state index contributed by atoms with van der Waals surface area (Å²) in [5, 5.41) is 7.88. The van der Waals surface area contributed by atoms with Crippen LogP contribution in [0.4, 0.5) is 0 Å². The molecule has 1 saturated carbocycles. The van der Waals surface area contributed by atoms with E-state index in [0.717, 1.165) is 5.56 Å². The monoisotopic (exact) mass is 254 g/mol. The fourth-order valence-electron chi connectivity index (χ4n) is 1.60. The minimum absolute atomic E-state index is 0.533. The predicted octanol–water partition coefficient (Wildman–Crippen LogP) is 3.15. The number of aliphatic carboxylic acids is 1. The number of hydrogen-bond donors (Lipinski definition) is 1. The Morgan fingerprint density at radius 2 is 2.29 bits per heavy atom. The zero-order valence-electron chi connectivity index (χ0n) is 9.65. The van der Waals surface area contributed by atoms with E-state index in [2.05, 4.69) is 0 Å². The Labute approximate surface area is 105 Å². The second-order valence-electron chi connectivity index (χ2n) is 4.50. The van der Waals surface area contributed by atoms with E-state index in [-0.39, 0.29) is 0 Å². The van der Waals surface area contributed by atoms with Gasteiger partial charge in [-0.05, 0) is 37.3 Å². The molecule has 0 bridgehead atoms. The summed E-state index contributed by atoms with van der Waals surface area (Å²) in [7, 11) is 0. The molecule has 92 valence electrons. The van der Waals surface area contributed by atoms with Gasteiger partial charge >= 0.3 is 5.97 Å². The molecule has 0 aliphatic heterocycles. The molecule has 17 heavy (non-hydrogen) atoms. The SMILES string of the molecule is Cc1ccc(C(Cl)C(=O)O)c(OCC2CC2)c1. The number of carbonyl (C=O) groups is 1. The zero-order chi connectivity index (χ0) is 12.4. The van der Waals surface area contributed by atoms with Crippen LogP contribution in [0.5, 0.6) is 5.75 Å². The molecule has 3 nitrogen and oxygen atoms in total. The van der Waals surface area contributed by atoms with Crippen LogP contribution in [-0.4, -0.2) is 17.7 Å². The van der Waals surface area contributed by atoms with Crippen LogP contribution < -0.4 is 4.74 Å². The predicted molar refractivity (Wildman–Crippen MR) is 65.6 cm³/mol. The van der Waals surface area contributed by atoms with Crippen molar-refractivity contribution in [3.8, 4) is 5.75 Å². The molecule has 1 fully saturated rings. The van der Waals surface area contributed by atoms with Gasteiger partial charge in [0.1, 0.15) is 5.75 Å². The first-order chi connectivity index (χ1) is 8.08. The van der Waals surface area contributed by atoms with E-state index in [0.29, 0.717) is 23.8 Å². The van der Waals surface area contributed by atoms with Crippen molar-refractivity contribution in [1.29, 1.82) is 0 Å². The maximum atomic E-state index is 10.9. The number of alkyl halides is 1. The van der Waals surface area contributed by atoms with Crippen LogP contribution in [0.2, 0.25) is 0 Å². The van der Waals surface area contributed by atoms with Gasteiger partial charge in [-0.25, -0.2) is 0 Å².